The largest absolute Gasteiger partial charge is 0.491 e. The van der Waals surface area contributed by atoms with Crippen LogP contribution in [-0.4, -0.2) is 48.9 Å². The van der Waals surface area contributed by atoms with Gasteiger partial charge in [0.2, 0.25) is 5.43 Å². The van der Waals surface area contributed by atoms with Crippen molar-refractivity contribution < 1.29 is 27.4 Å². The zero-order valence-corrected chi connectivity index (χ0v) is 19.0. The summed E-state index contributed by atoms with van der Waals surface area (Å²) < 4.78 is 50.5. The number of hydrogen-bond donors (Lipinski definition) is 1. The van der Waals surface area contributed by atoms with E-state index >= 15 is 0 Å². The van der Waals surface area contributed by atoms with E-state index in [1.807, 2.05) is 0 Å². The standard InChI is InChI=1S/C24H24F3N3O4/c1-4-34-23(32)18-19(28-13(2)21(33-3)20(18)31)16-11-14-7-5-6-8-17(14)29-22(16)30-10-9-15(12-30)24(25,26)27/h5-8,11,15H,4,9-10,12H2,1-3H3,(H,28,31)/t15-/m0/s1. The molecule has 34 heavy (non-hydrogen) atoms. The quantitative estimate of drug-likeness (QED) is 0.548. The number of anilines is 1. The number of rotatable bonds is 5. The number of hydrogen-bond acceptors (Lipinski definition) is 6. The molecule has 0 spiro atoms. The third-order valence-electron chi connectivity index (χ3n) is 5.94. The monoisotopic (exact) mass is 475 g/mol. The number of carbonyl (C=O) groups excluding carboxylic acids is 1. The summed E-state index contributed by atoms with van der Waals surface area (Å²) in [6.45, 7) is 3.13. The van der Waals surface area contributed by atoms with Crippen molar-refractivity contribution in [2.75, 3.05) is 31.7 Å². The second-order valence-electron chi connectivity index (χ2n) is 8.11. The molecule has 0 aliphatic carbocycles. The summed E-state index contributed by atoms with van der Waals surface area (Å²) in [7, 11) is 1.32. The van der Waals surface area contributed by atoms with Crippen LogP contribution in [0.2, 0.25) is 0 Å². The number of benzene rings is 1. The zero-order valence-electron chi connectivity index (χ0n) is 19.0. The number of halogens is 3. The normalized spacial score (nSPS) is 16.2. The number of nitrogens with zero attached hydrogens (tertiary/aromatic N) is 2. The number of H-pyrrole nitrogens is 1. The number of esters is 1. The van der Waals surface area contributed by atoms with Crippen LogP contribution in [0.5, 0.6) is 5.75 Å². The lowest BCUT2D eigenvalue weighted by Gasteiger charge is -2.23. The maximum absolute atomic E-state index is 13.4. The van der Waals surface area contributed by atoms with E-state index in [2.05, 4.69) is 9.97 Å². The van der Waals surface area contributed by atoms with E-state index in [4.69, 9.17) is 9.47 Å². The van der Waals surface area contributed by atoms with Crippen molar-refractivity contribution in [3.8, 4) is 17.0 Å². The van der Waals surface area contributed by atoms with Crippen LogP contribution in [0.15, 0.2) is 35.1 Å². The van der Waals surface area contributed by atoms with E-state index < -0.39 is 23.5 Å². The summed E-state index contributed by atoms with van der Waals surface area (Å²) in [5.41, 5.74) is 0.471. The minimum Gasteiger partial charge on any atom is -0.491 e. The Morgan fingerprint density at radius 1 is 1.29 bits per heavy atom. The van der Waals surface area contributed by atoms with Crippen LogP contribution in [0.4, 0.5) is 19.0 Å². The zero-order chi connectivity index (χ0) is 24.6. The first-order valence-corrected chi connectivity index (χ1v) is 10.9. The van der Waals surface area contributed by atoms with Gasteiger partial charge in [-0.1, -0.05) is 18.2 Å². The molecule has 3 heterocycles. The molecule has 0 bridgehead atoms. The highest BCUT2D eigenvalue weighted by Crippen LogP contribution is 2.39. The molecule has 1 saturated heterocycles. The summed E-state index contributed by atoms with van der Waals surface area (Å²) in [6.07, 6.45) is -4.40. The maximum atomic E-state index is 13.4. The molecule has 7 nitrogen and oxygen atoms in total. The van der Waals surface area contributed by atoms with Crippen LogP contribution >= 0.6 is 0 Å². The van der Waals surface area contributed by atoms with Gasteiger partial charge in [0.05, 0.1) is 36.5 Å². The Labute approximate surface area is 193 Å². The van der Waals surface area contributed by atoms with Gasteiger partial charge in [0.15, 0.2) is 5.75 Å². The Morgan fingerprint density at radius 2 is 2.03 bits per heavy atom. The fraction of sp³-hybridized carbons (Fsp3) is 0.375. The number of para-hydroxylation sites is 1. The molecule has 1 aliphatic heterocycles. The van der Waals surface area contributed by atoms with Gasteiger partial charge in [0.25, 0.3) is 0 Å². The minimum atomic E-state index is -4.33. The Balaban J connectivity index is 1.98. The molecule has 2 aromatic heterocycles. The molecule has 1 atom stereocenters. The molecular formula is C24H24F3N3O4. The van der Waals surface area contributed by atoms with Gasteiger partial charge >= 0.3 is 12.1 Å². The number of ether oxygens (including phenoxy) is 2. The third kappa shape index (κ3) is 4.20. The average Bonchev–Trinajstić information content (AvgIpc) is 3.29. The predicted molar refractivity (Wildman–Crippen MR) is 121 cm³/mol. The van der Waals surface area contributed by atoms with Gasteiger partial charge in [-0.25, -0.2) is 9.78 Å². The molecular weight excluding hydrogens is 451 g/mol. The molecule has 180 valence electrons. The number of aromatic amines is 1. The lowest BCUT2D eigenvalue weighted by Crippen LogP contribution is -2.28. The van der Waals surface area contributed by atoms with Gasteiger partial charge < -0.3 is 19.4 Å². The van der Waals surface area contributed by atoms with Gasteiger partial charge in [0, 0.05) is 24.0 Å². The lowest BCUT2D eigenvalue weighted by molar-refractivity contribution is -0.168. The number of aryl methyl sites for hydroxylation is 1. The molecule has 0 radical (unpaired) electrons. The van der Waals surface area contributed by atoms with Crippen LogP contribution in [0, 0.1) is 12.8 Å². The van der Waals surface area contributed by atoms with Crippen LogP contribution in [0.25, 0.3) is 22.2 Å². The molecule has 0 saturated carbocycles. The first-order chi connectivity index (χ1) is 16.2. The van der Waals surface area contributed by atoms with Crippen molar-refractivity contribution in [2.45, 2.75) is 26.4 Å². The highest BCUT2D eigenvalue weighted by atomic mass is 19.4. The fourth-order valence-electron chi connectivity index (χ4n) is 4.30. The van der Waals surface area contributed by atoms with Gasteiger partial charge in [-0.15, -0.1) is 0 Å². The Morgan fingerprint density at radius 3 is 2.68 bits per heavy atom. The first kappa shape index (κ1) is 23.6. The molecule has 3 aromatic rings. The van der Waals surface area contributed by atoms with Gasteiger partial charge in [-0.2, -0.15) is 13.2 Å². The second kappa shape index (κ2) is 9.00. The summed E-state index contributed by atoms with van der Waals surface area (Å²) in [5.74, 6) is -2.13. The van der Waals surface area contributed by atoms with E-state index in [9.17, 15) is 22.8 Å². The number of nitrogens with one attached hydrogen (secondary N) is 1. The summed E-state index contributed by atoms with van der Waals surface area (Å²) in [5, 5.41) is 0.706. The summed E-state index contributed by atoms with van der Waals surface area (Å²) in [4.78, 5) is 35.3. The van der Waals surface area contributed by atoms with E-state index in [1.54, 1.807) is 49.1 Å². The Hall–Kier alpha value is -3.56. The number of fused-ring (bicyclic) bond motifs is 1. The van der Waals surface area contributed by atoms with Crippen molar-refractivity contribution in [1.82, 2.24) is 9.97 Å². The molecule has 4 rings (SSSR count). The van der Waals surface area contributed by atoms with Crippen LogP contribution in [0.3, 0.4) is 0 Å². The molecule has 1 fully saturated rings. The van der Waals surface area contributed by atoms with Gasteiger partial charge in [-0.3, -0.25) is 4.79 Å². The number of pyridine rings is 2. The second-order valence-corrected chi connectivity index (χ2v) is 8.11. The Bertz CT molecular complexity index is 1300. The van der Waals surface area contributed by atoms with Crippen molar-refractivity contribution in [1.29, 1.82) is 0 Å². The SMILES string of the molecule is CCOC(=O)c1c(-c2cc3ccccc3nc2N2CC[C@H](C(F)(F)F)C2)[nH]c(C)c(OC)c1=O. The van der Waals surface area contributed by atoms with Gasteiger partial charge in [-0.05, 0) is 32.4 Å². The van der Waals surface area contributed by atoms with E-state index in [-0.39, 0.29) is 48.9 Å². The fourth-order valence-corrected chi connectivity index (χ4v) is 4.30. The summed E-state index contributed by atoms with van der Waals surface area (Å²) >= 11 is 0. The number of methoxy groups -OCH3 is 1. The molecule has 1 aromatic carbocycles. The van der Waals surface area contributed by atoms with Crippen molar-refractivity contribution >= 4 is 22.7 Å². The van der Waals surface area contributed by atoms with Crippen molar-refractivity contribution in [3.05, 3.63) is 51.8 Å². The molecule has 1 aliphatic rings. The first-order valence-electron chi connectivity index (χ1n) is 10.9. The third-order valence-corrected chi connectivity index (χ3v) is 5.94. The lowest BCUT2D eigenvalue weighted by atomic mass is 10.0. The molecule has 1 N–H and O–H groups in total. The highest BCUT2D eigenvalue weighted by molar-refractivity contribution is 6.00. The number of aromatic nitrogens is 2. The van der Waals surface area contributed by atoms with E-state index in [1.165, 1.54) is 7.11 Å². The highest BCUT2D eigenvalue weighted by Gasteiger charge is 2.44. The van der Waals surface area contributed by atoms with Crippen LogP contribution in [-0.2, 0) is 4.74 Å². The number of carbonyl (C=O) groups is 1. The van der Waals surface area contributed by atoms with Gasteiger partial charge in [0.1, 0.15) is 11.4 Å². The van der Waals surface area contributed by atoms with Crippen molar-refractivity contribution in [2.24, 2.45) is 5.92 Å². The van der Waals surface area contributed by atoms with E-state index in [0.717, 1.165) is 0 Å². The summed E-state index contributed by atoms with van der Waals surface area (Å²) in [6, 6.07) is 8.87. The van der Waals surface area contributed by atoms with Crippen LogP contribution < -0.4 is 15.1 Å². The Kier molecular flexibility index (Phi) is 6.24. The molecule has 0 unspecified atom stereocenters. The molecule has 0 amide bonds. The predicted octanol–water partition coefficient (Wildman–Crippen LogP) is 4.47. The minimum absolute atomic E-state index is 0.0378. The smallest absolute Gasteiger partial charge is 0.393 e. The van der Waals surface area contributed by atoms with E-state index in [0.29, 0.717) is 22.2 Å². The van der Waals surface area contributed by atoms with Crippen molar-refractivity contribution in [3.63, 3.8) is 0 Å². The molecule has 10 heteroatoms. The van der Waals surface area contributed by atoms with Crippen LogP contribution in [0.1, 0.15) is 29.4 Å². The topological polar surface area (TPSA) is 84.5 Å². The maximum Gasteiger partial charge on any atom is 0.393 e. The number of alkyl halides is 3. The average molecular weight is 475 g/mol.